The van der Waals surface area contributed by atoms with Crippen LogP contribution in [-0.2, 0) is 19.9 Å². The van der Waals surface area contributed by atoms with Crippen LogP contribution in [0.3, 0.4) is 0 Å². The fourth-order valence-electron chi connectivity index (χ4n) is 4.20. The molecule has 3 aromatic rings. The second-order valence-electron chi connectivity index (χ2n) is 7.44. The van der Waals surface area contributed by atoms with E-state index in [1.54, 1.807) is 7.05 Å². The van der Waals surface area contributed by atoms with Crippen LogP contribution in [-0.4, -0.2) is 39.1 Å². The summed E-state index contributed by atoms with van der Waals surface area (Å²) in [5.74, 6) is -2.18. The molecule has 2 heterocycles. The summed E-state index contributed by atoms with van der Waals surface area (Å²) in [5, 5.41) is 22.8. The van der Waals surface area contributed by atoms with Gasteiger partial charge in [-0.05, 0) is 31.6 Å². The Bertz CT molecular complexity index is 1130. The number of methoxy groups -OCH3 is 2. The average Bonchev–Trinajstić information content (AvgIpc) is 3.25. The first-order valence-electron chi connectivity index (χ1n) is 9.70. The molecule has 1 N–H and O–H groups in total. The van der Waals surface area contributed by atoms with E-state index in [9.17, 15) is 10.1 Å². The topological polar surface area (TPSA) is 108 Å². The van der Waals surface area contributed by atoms with Gasteiger partial charge >= 0.3 is 5.69 Å². The number of benzene rings is 1. The van der Waals surface area contributed by atoms with Crippen molar-refractivity contribution in [2.45, 2.75) is 31.6 Å². The van der Waals surface area contributed by atoms with Crippen LogP contribution in [0.4, 0.5) is 14.5 Å². The Morgan fingerprint density at radius 1 is 1.23 bits per heavy atom. The molecule has 0 saturated carbocycles. The number of aryl methyl sites for hydroxylation is 1. The number of fused-ring (bicyclic) bond motifs is 1. The Morgan fingerprint density at radius 2 is 1.90 bits per heavy atom. The van der Waals surface area contributed by atoms with Crippen molar-refractivity contribution in [2.24, 2.45) is 7.05 Å². The first kappa shape index (κ1) is 20.8. The molecule has 0 bridgehead atoms. The van der Waals surface area contributed by atoms with E-state index in [2.05, 4.69) is 15.3 Å². The fraction of sp³-hybridized carbons (Fsp3) is 0.400. The summed E-state index contributed by atoms with van der Waals surface area (Å²) in [7, 11) is 4.22. The molecule has 164 valence electrons. The fourth-order valence-corrected chi connectivity index (χ4v) is 4.20. The van der Waals surface area contributed by atoms with E-state index < -0.39 is 22.5 Å². The van der Waals surface area contributed by atoms with Gasteiger partial charge in [0.15, 0.2) is 28.8 Å². The van der Waals surface area contributed by atoms with Gasteiger partial charge in [-0.2, -0.15) is 10.2 Å². The summed E-state index contributed by atoms with van der Waals surface area (Å²) in [6.07, 6.45) is 3.28. The van der Waals surface area contributed by atoms with Crippen LogP contribution >= 0.6 is 0 Å². The lowest BCUT2D eigenvalue weighted by molar-refractivity contribution is -0.384. The van der Waals surface area contributed by atoms with Gasteiger partial charge in [0.05, 0.1) is 19.1 Å². The Morgan fingerprint density at radius 3 is 2.52 bits per heavy atom. The number of H-pyrrole nitrogens is 1. The van der Waals surface area contributed by atoms with Crippen LogP contribution < -0.4 is 9.47 Å². The maximum absolute atomic E-state index is 15.0. The predicted octanol–water partition coefficient (Wildman–Crippen LogP) is 3.68. The van der Waals surface area contributed by atoms with Gasteiger partial charge in [0, 0.05) is 29.9 Å². The molecule has 9 nitrogen and oxygen atoms in total. The summed E-state index contributed by atoms with van der Waals surface area (Å²) >= 11 is 0. The third-order valence-corrected chi connectivity index (χ3v) is 5.63. The van der Waals surface area contributed by atoms with Gasteiger partial charge in [-0.25, -0.2) is 8.78 Å². The monoisotopic (exact) mass is 433 g/mol. The second-order valence-corrected chi connectivity index (χ2v) is 7.44. The zero-order valence-electron chi connectivity index (χ0n) is 17.2. The summed E-state index contributed by atoms with van der Waals surface area (Å²) in [4.78, 5) is 10.9. The number of halogens is 2. The quantitative estimate of drug-likeness (QED) is 0.374. The minimum Gasteiger partial charge on any atom is -0.494 e. The number of hydrogen-bond acceptors (Lipinski definition) is 6. The molecule has 1 atom stereocenters. The number of nitro groups is 1. The molecule has 2 aromatic heterocycles. The lowest BCUT2D eigenvalue weighted by atomic mass is 9.90. The first-order valence-corrected chi connectivity index (χ1v) is 9.70. The maximum Gasteiger partial charge on any atom is 0.316 e. The van der Waals surface area contributed by atoms with E-state index in [4.69, 9.17) is 9.47 Å². The van der Waals surface area contributed by atoms with Crippen molar-refractivity contribution in [1.82, 2.24) is 20.0 Å². The maximum atomic E-state index is 15.0. The Kier molecular flexibility index (Phi) is 5.34. The van der Waals surface area contributed by atoms with Gasteiger partial charge in [0.25, 0.3) is 0 Å². The first-order chi connectivity index (χ1) is 14.8. The summed E-state index contributed by atoms with van der Waals surface area (Å²) < 4.78 is 41.5. The summed E-state index contributed by atoms with van der Waals surface area (Å²) in [6, 6.07) is 1.19. The predicted molar refractivity (Wildman–Crippen MR) is 106 cm³/mol. The van der Waals surface area contributed by atoms with Crippen LogP contribution in [0.1, 0.15) is 35.6 Å². The van der Waals surface area contributed by atoms with E-state index in [-0.39, 0.29) is 34.9 Å². The van der Waals surface area contributed by atoms with Crippen LogP contribution in [0.5, 0.6) is 11.5 Å². The third-order valence-electron chi connectivity index (χ3n) is 5.63. The highest BCUT2D eigenvalue weighted by Crippen LogP contribution is 2.41. The Balaban J connectivity index is 1.77. The van der Waals surface area contributed by atoms with E-state index in [0.717, 1.165) is 5.56 Å². The molecule has 11 heteroatoms. The number of aromatic amines is 1. The van der Waals surface area contributed by atoms with Gasteiger partial charge in [-0.15, -0.1) is 0 Å². The second kappa shape index (κ2) is 7.97. The number of hydrogen-bond donors (Lipinski definition) is 1. The molecular weight excluding hydrogens is 412 g/mol. The van der Waals surface area contributed by atoms with E-state index >= 15 is 8.78 Å². The zero-order chi connectivity index (χ0) is 22.3. The number of rotatable bonds is 5. The van der Waals surface area contributed by atoms with Gasteiger partial charge in [-0.1, -0.05) is 0 Å². The largest absolute Gasteiger partial charge is 0.494 e. The highest BCUT2D eigenvalue weighted by molar-refractivity contribution is 5.69. The summed E-state index contributed by atoms with van der Waals surface area (Å²) in [5.41, 5.74) is 1.78. The molecule has 0 aliphatic heterocycles. The van der Waals surface area contributed by atoms with Crippen molar-refractivity contribution in [1.29, 1.82) is 0 Å². The van der Waals surface area contributed by atoms with Crippen LogP contribution in [0.2, 0.25) is 0 Å². The normalized spacial score (nSPS) is 16.0. The van der Waals surface area contributed by atoms with E-state index in [0.29, 0.717) is 30.7 Å². The number of nitrogens with zero attached hydrogens (tertiary/aromatic N) is 4. The van der Waals surface area contributed by atoms with Crippen LogP contribution in [0, 0.1) is 21.7 Å². The van der Waals surface area contributed by atoms with Crippen LogP contribution in [0.25, 0.3) is 11.4 Å². The van der Waals surface area contributed by atoms with E-state index in [1.807, 2.05) is 0 Å². The molecule has 31 heavy (non-hydrogen) atoms. The summed E-state index contributed by atoms with van der Waals surface area (Å²) in [6.45, 7) is 0. The average molecular weight is 433 g/mol. The molecule has 0 spiro atoms. The SMILES string of the molecule is COc1cc(OC)c(F)c(C2CCCc3c(-c4nn(C)cc4[N+](=O)[O-])n[nH]c3C2)c1F. The molecule has 0 fully saturated rings. The highest BCUT2D eigenvalue weighted by atomic mass is 19.1. The molecule has 1 aromatic carbocycles. The minimum absolute atomic E-state index is 0.0906. The van der Waals surface area contributed by atoms with Gasteiger partial charge < -0.3 is 9.47 Å². The molecule has 0 amide bonds. The number of nitrogens with one attached hydrogen (secondary N) is 1. The number of aromatic nitrogens is 4. The van der Waals surface area contributed by atoms with Crippen molar-refractivity contribution in [3.8, 4) is 22.9 Å². The third kappa shape index (κ3) is 3.49. The molecule has 0 radical (unpaired) electrons. The molecule has 0 saturated heterocycles. The van der Waals surface area contributed by atoms with Crippen LogP contribution in [0.15, 0.2) is 12.3 Å². The van der Waals surface area contributed by atoms with Gasteiger partial charge in [0.1, 0.15) is 11.9 Å². The van der Waals surface area contributed by atoms with E-state index in [1.165, 1.54) is 31.2 Å². The minimum atomic E-state index is -0.755. The van der Waals surface area contributed by atoms with Crippen molar-refractivity contribution < 1.29 is 23.2 Å². The van der Waals surface area contributed by atoms with Crippen molar-refractivity contribution in [3.63, 3.8) is 0 Å². The van der Waals surface area contributed by atoms with Gasteiger partial charge in [0.2, 0.25) is 0 Å². The zero-order valence-corrected chi connectivity index (χ0v) is 17.2. The molecular formula is C20H21F2N5O4. The Labute approximate surface area is 176 Å². The molecule has 4 rings (SSSR count). The smallest absolute Gasteiger partial charge is 0.316 e. The van der Waals surface area contributed by atoms with Gasteiger partial charge in [-0.3, -0.25) is 19.9 Å². The lowest BCUT2D eigenvalue weighted by Gasteiger charge is -2.19. The standard InChI is InChI=1S/C20H21F2N5O4/c1-26-9-13(27(28)29)20(25-26)19-11-6-4-5-10(7-12(11)23-24-19)16-17(21)14(30-2)8-15(31-3)18(16)22/h8-10H,4-7H2,1-3H3,(H,23,24). The molecule has 1 unspecified atom stereocenters. The van der Waals surface area contributed by atoms with Crippen molar-refractivity contribution in [2.75, 3.05) is 14.2 Å². The molecule has 1 aliphatic carbocycles. The number of ether oxygens (including phenoxy) is 2. The van der Waals surface area contributed by atoms with Crippen molar-refractivity contribution in [3.05, 3.63) is 50.8 Å². The Hall–Kier alpha value is -3.50. The highest BCUT2D eigenvalue weighted by Gasteiger charge is 2.32. The lowest BCUT2D eigenvalue weighted by Crippen LogP contribution is -2.10. The van der Waals surface area contributed by atoms with Crippen molar-refractivity contribution >= 4 is 5.69 Å². The molecule has 1 aliphatic rings.